The summed E-state index contributed by atoms with van der Waals surface area (Å²) in [6.45, 7) is 2.32. The molecule has 1 aliphatic heterocycles. The summed E-state index contributed by atoms with van der Waals surface area (Å²) in [7, 11) is 0. The van der Waals surface area contributed by atoms with E-state index in [-0.39, 0.29) is 24.8 Å². The second-order valence-electron chi connectivity index (χ2n) is 4.67. The van der Waals surface area contributed by atoms with E-state index < -0.39 is 20.3 Å². The molecule has 16 heavy (non-hydrogen) atoms. The topological polar surface area (TPSA) is 0 Å². The summed E-state index contributed by atoms with van der Waals surface area (Å²) in [4.78, 5) is 0. The Morgan fingerprint density at radius 1 is 1.06 bits per heavy atom. The number of hydrogen-bond acceptors (Lipinski definition) is 0. The van der Waals surface area contributed by atoms with Crippen LogP contribution in [0.25, 0.3) is 0 Å². The van der Waals surface area contributed by atoms with Crippen molar-refractivity contribution in [3.63, 3.8) is 0 Å². The average Bonchev–Trinajstić information content (AvgIpc) is 2.69. The Bertz CT molecular complexity index is 398. The summed E-state index contributed by atoms with van der Waals surface area (Å²) in [5.74, 6) is 0. The Balaban J connectivity index is 0.000000640. The van der Waals surface area contributed by atoms with Gasteiger partial charge in [-0.05, 0) is 0 Å². The van der Waals surface area contributed by atoms with Gasteiger partial charge in [0.25, 0.3) is 0 Å². The molecule has 3 rings (SSSR count). The summed E-state index contributed by atoms with van der Waals surface area (Å²) in [6.07, 6.45) is 14.3. The first-order valence-corrected chi connectivity index (χ1v) is 11.5. The summed E-state index contributed by atoms with van der Waals surface area (Å²) >= 11 is -1.82. The van der Waals surface area contributed by atoms with E-state index in [0.29, 0.717) is 0 Å². The van der Waals surface area contributed by atoms with Gasteiger partial charge in [-0.1, -0.05) is 0 Å². The number of allylic oxidation sites excluding steroid dienone is 8. The van der Waals surface area contributed by atoms with Crippen molar-refractivity contribution in [2.75, 3.05) is 0 Å². The van der Waals surface area contributed by atoms with Gasteiger partial charge in [0.2, 0.25) is 0 Å². The van der Waals surface area contributed by atoms with E-state index in [9.17, 15) is 0 Å². The quantitative estimate of drug-likeness (QED) is 0.552. The van der Waals surface area contributed by atoms with Gasteiger partial charge in [0.1, 0.15) is 0 Å². The molecule has 0 spiro atoms. The molecule has 1 fully saturated rings. The molecule has 0 aromatic heterocycles. The van der Waals surface area contributed by atoms with E-state index in [0.717, 1.165) is 0 Å². The molecule has 0 aromatic carbocycles. The number of hydrogen-bond donors (Lipinski definition) is 0. The average molecular weight is 334 g/mol. The van der Waals surface area contributed by atoms with Gasteiger partial charge < -0.3 is 24.8 Å². The van der Waals surface area contributed by atoms with Gasteiger partial charge in [0.15, 0.2) is 0 Å². The molecule has 1 heterocycles. The molecule has 0 atom stereocenters. The predicted molar refractivity (Wildman–Crippen MR) is 57.9 cm³/mol. The van der Waals surface area contributed by atoms with Gasteiger partial charge in [-0.3, -0.25) is 0 Å². The predicted octanol–water partition coefficient (Wildman–Crippen LogP) is -1.92. The van der Waals surface area contributed by atoms with Crippen molar-refractivity contribution < 1.29 is 45.1 Å². The maximum atomic E-state index is 2.43. The van der Waals surface area contributed by atoms with Crippen molar-refractivity contribution in [2.45, 2.75) is 28.0 Å². The smallest absolute Gasteiger partial charge is 1.00 e. The summed E-state index contributed by atoms with van der Waals surface area (Å²) in [6, 6.07) is 0. The first-order chi connectivity index (χ1) is 6.83. The first-order valence-electron chi connectivity index (χ1n) is 5.56. The van der Waals surface area contributed by atoms with Crippen molar-refractivity contribution in [3.8, 4) is 0 Å². The van der Waals surface area contributed by atoms with E-state index in [4.69, 9.17) is 0 Å². The molecule has 0 radical (unpaired) electrons. The third-order valence-corrected chi connectivity index (χ3v) is 15.8. The Labute approximate surface area is 115 Å². The van der Waals surface area contributed by atoms with Crippen LogP contribution in [-0.2, 0) is 20.3 Å². The molecular formula is C13H16Cl2Zr. The van der Waals surface area contributed by atoms with E-state index in [1.54, 1.807) is 13.8 Å². The standard InChI is InChI=1S/C6H7.C5H5.C2H4.2ClH.Zr/c1-6-4-2-3-5-6;1-2-4-5-3-1;1-2;;;/h2,4H,3H2,1H3;1-3H,4H2;1-2H2;2*1H;/q;;;;;+2/p-2. The SMILES string of the molecule is CC1=[C]([Zr+2]2([C]3=CC=CC3)[CH2][CH2]2)CC=C1.[Cl-].[Cl-]. The van der Waals surface area contributed by atoms with Crippen LogP contribution in [0.5, 0.6) is 0 Å². The molecule has 0 N–H and O–H groups in total. The van der Waals surface area contributed by atoms with Crippen molar-refractivity contribution in [1.29, 1.82) is 0 Å². The van der Waals surface area contributed by atoms with Crippen LogP contribution >= 0.6 is 0 Å². The molecule has 0 aromatic rings. The Hall–Kier alpha value is 0.423. The maximum absolute atomic E-state index is 2.43. The first kappa shape index (κ1) is 14.5. The molecule has 3 heteroatoms. The van der Waals surface area contributed by atoms with Crippen LogP contribution in [-0.4, -0.2) is 0 Å². The number of halogens is 2. The van der Waals surface area contributed by atoms with Gasteiger partial charge in [0.05, 0.1) is 0 Å². The molecule has 2 aliphatic carbocycles. The third kappa shape index (κ3) is 2.19. The third-order valence-electron chi connectivity index (χ3n) is 3.88. The maximum Gasteiger partial charge on any atom is -1.00 e. The molecule has 1 saturated heterocycles. The fraction of sp³-hybridized carbons (Fsp3) is 0.385. The van der Waals surface area contributed by atoms with Crippen LogP contribution < -0.4 is 24.8 Å². The Kier molecular flexibility index (Phi) is 4.87. The minimum absolute atomic E-state index is 0. The molecule has 3 aliphatic rings. The molecule has 0 saturated carbocycles. The van der Waals surface area contributed by atoms with Gasteiger partial charge in [0, 0.05) is 0 Å². The van der Waals surface area contributed by atoms with Crippen molar-refractivity contribution in [2.24, 2.45) is 0 Å². The molecule has 0 nitrogen and oxygen atoms in total. The second kappa shape index (κ2) is 5.38. The van der Waals surface area contributed by atoms with E-state index in [1.807, 2.05) is 6.56 Å². The minimum atomic E-state index is -1.82. The minimum Gasteiger partial charge on any atom is -1.00 e. The normalized spacial score (nSPS) is 21.9. The van der Waals surface area contributed by atoms with E-state index in [2.05, 4.69) is 37.3 Å². The molecule has 0 amide bonds. The van der Waals surface area contributed by atoms with Crippen molar-refractivity contribution in [3.05, 3.63) is 42.5 Å². The Morgan fingerprint density at radius 3 is 2.25 bits per heavy atom. The van der Waals surface area contributed by atoms with Crippen LogP contribution in [0.15, 0.2) is 42.5 Å². The number of rotatable bonds is 2. The van der Waals surface area contributed by atoms with Crippen molar-refractivity contribution >= 4 is 0 Å². The van der Waals surface area contributed by atoms with Crippen LogP contribution in [0.2, 0.25) is 8.26 Å². The van der Waals surface area contributed by atoms with Crippen molar-refractivity contribution in [1.82, 2.24) is 0 Å². The largest absolute Gasteiger partial charge is 1.00 e. The molecule has 86 valence electrons. The van der Waals surface area contributed by atoms with E-state index >= 15 is 0 Å². The monoisotopic (exact) mass is 332 g/mol. The van der Waals surface area contributed by atoms with Crippen LogP contribution in [0.1, 0.15) is 19.8 Å². The zero-order valence-electron chi connectivity index (χ0n) is 9.47. The summed E-state index contributed by atoms with van der Waals surface area (Å²) in [5, 5.41) is 0. The summed E-state index contributed by atoms with van der Waals surface area (Å²) < 4.78 is 6.97. The Morgan fingerprint density at radius 2 is 1.81 bits per heavy atom. The summed E-state index contributed by atoms with van der Waals surface area (Å²) in [5.41, 5.74) is 1.62. The van der Waals surface area contributed by atoms with Crippen LogP contribution in [0.3, 0.4) is 0 Å². The van der Waals surface area contributed by atoms with Gasteiger partial charge in [-0.25, -0.2) is 0 Å². The fourth-order valence-corrected chi connectivity index (χ4v) is 16.8. The zero-order valence-corrected chi connectivity index (χ0v) is 13.4. The van der Waals surface area contributed by atoms with E-state index in [1.165, 1.54) is 12.8 Å². The fourth-order valence-electron chi connectivity index (χ4n) is 2.93. The molecule has 0 bridgehead atoms. The second-order valence-corrected chi connectivity index (χ2v) is 15.5. The van der Waals surface area contributed by atoms with Gasteiger partial charge >= 0.3 is 90.8 Å². The van der Waals surface area contributed by atoms with Crippen LogP contribution in [0, 0.1) is 0 Å². The molecular weight excluding hydrogens is 318 g/mol. The van der Waals surface area contributed by atoms with Crippen LogP contribution in [0.4, 0.5) is 0 Å². The zero-order chi connectivity index (χ0) is 9.60. The molecule has 0 unspecified atom stereocenters. The van der Waals surface area contributed by atoms with Gasteiger partial charge in [-0.2, -0.15) is 0 Å². The van der Waals surface area contributed by atoms with Gasteiger partial charge in [-0.15, -0.1) is 0 Å².